The lowest BCUT2D eigenvalue weighted by Gasteiger charge is -2.25. The van der Waals surface area contributed by atoms with Gasteiger partial charge in [0.1, 0.15) is 0 Å². The molecule has 5 aromatic carbocycles. The van der Waals surface area contributed by atoms with Gasteiger partial charge in [0.15, 0.2) is 0 Å². The number of benzene rings is 5. The third-order valence-electron chi connectivity index (χ3n) is 9.02. The number of hydrogen-bond donors (Lipinski definition) is 0. The lowest BCUT2D eigenvalue weighted by molar-refractivity contribution is 0.834. The highest BCUT2D eigenvalue weighted by Gasteiger charge is 2.22. The summed E-state index contributed by atoms with van der Waals surface area (Å²) >= 11 is 0. The molecule has 0 heterocycles. The van der Waals surface area contributed by atoms with Crippen LogP contribution in [0.15, 0.2) is 159 Å². The quantitative estimate of drug-likeness (QED) is 0.125. The van der Waals surface area contributed by atoms with Crippen molar-refractivity contribution in [1.82, 2.24) is 0 Å². The predicted octanol–water partition coefficient (Wildman–Crippen LogP) is 12.5. The summed E-state index contributed by atoms with van der Waals surface area (Å²) in [5.41, 5.74) is 15.4. The maximum atomic E-state index is 4.15. The molecule has 0 heteroatoms. The summed E-state index contributed by atoms with van der Waals surface area (Å²) in [6.45, 7) is 16.9. The van der Waals surface area contributed by atoms with Crippen molar-refractivity contribution in [3.63, 3.8) is 0 Å². The van der Waals surface area contributed by atoms with Crippen LogP contribution >= 0.6 is 0 Å². The van der Waals surface area contributed by atoms with Gasteiger partial charge in [-0.05, 0) is 85.1 Å². The van der Waals surface area contributed by atoms with Gasteiger partial charge in [-0.15, -0.1) is 0 Å². The van der Waals surface area contributed by atoms with Gasteiger partial charge in [-0.25, -0.2) is 0 Å². The first-order chi connectivity index (χ1) is 22.4. The van der Waals surface area contributed by atoms with Gasteiger partial charge < -0.3 is 0 Å². The van der Waals surface area contributed by atoms with Crippen LogP contribution < -0.4 is 0 Å². The minimum absolute atomic E-state index is 0.208. The first-order valence-electron chi connectivity index (χ1n) is 16.4. The molecular formula is C46H46. The van der Waals surface area contributed by atoms with Crippen LogP contribution in [0, 0.1) is 27.7 Å². The van der Waals surface area contributed by atoms with E-state index in [-0.39, 0.29) is 11.8 Å². The Morgan fingerprint density at radius 3 is 0.935 bits per heavy atom. The molecule has 0 N–H and O–H groups in total. The van der Waals surface area contributed by atoms with Gasteiger partial charge in [-0.1, -0.05) is 181 Å². The van der Waals surface area contributed by atoms with Crippen molar-refractivity contribution in [2.45, 2.75) is 52.4 Å². The fourth-order valence-electron chi connectivity index (χ4n) is 6.35. The van der Waals surface area contributed by atoms with Gasteiger partial charge in [0.05, 0.1) is 0 Å². The van der Waals surface area contributed by atoms with Crippen molar-refractivity contribution in [3.05, 3.63) is 214 Å². The minimum atomic E-state index is 0.208. The molecule has 0 spiro atoms. The third kappa shape index (κ3) is 8.01. The molecule has 0 saturated heterocycles. The van der Waals surface area contributed by atoms with E-state index in [9.17, 15) is 0 Å². The van der Waals surface area contributed by atoms with Gasteiger partial charge in [-0.3, -0.25) is 0 Å². The Bertz CT molecular complexity index is 1580. The van der Waals surface area contributed by atoms with Gasteiger partial charge >= 0.3 is 0 Å². The van der Waals surface area contributed by atoms with Crippen molar-refractivity contribution in [3.8, 4) is 0 Å². The van der Waals surface area contributed by atoms with E-state index in [1.165, 1.54) is 66.8 Å². The lowest BCUT2D eigenvalue weighted by atomic mass is 9.79. The second-order valence-electron chi connectivity index (χ2n) is 12.6. The third-order valence-corrected chi connectivity index (χ3v) is 9.02. The van der Waals surface area contributed by atoms with Crippen LogP contribution in [0.3, 0.4) is 0 Å². The molecule has 0 amide bonds. The maximum absolute atomic E-state index is 4.15. The monoisotopic (exact) mass is 598 g/mol. The number of hydrogen-bond acceptors (Lipinski definition) is 0. The van der Waals surface area contributed by atoms with E-state index < -0.39 is 0 Å². The molecule has 0 aliphatic heterocycles. The molecular weight excluding hydrogens is 553 g/mol. The van der Waals surface area contributed by atoms with Crippen LogP contribution in [0.4, 0.5) is 0 Å². The van der Waals surface area contributed by atoms with Gasteiger partial charge in [0.2, 0.25) is 0 Å². The Morgan fingerprint density at radius 1 is 0.435 bits per heavy atom. The summed E-state index contributed by atoms with van der Waals surface area (Å²) in [5, 5.41) is 0. The molecule has 0 atom stereocenters. The molecule has 0 unspecified atom stereocenters. The second kappa shape index (κ2) is 15.4. The second-order valence-corrected chi connectivity index (χ2v) is 12.6. The number of rotatable bonds is 12. The molecule has 0 saturated carbocycles. The Hall–Kier alpha value is -4.94. The van der Waals surface area contributed by atoms with Crippen LogP contribution in [-0.4, -0.2) is 0 Å². The standard InChI is InChI=1S/C46H46/c1-7-11-41(31-45(37-23-15-33(3)16-24-37)38-25-17-34(4)18-26-38)43-13-9-10-14-44(43)42(12-8-2)32-46(39-27-19-35(5)20-28-39)40-29-21-36(6)22-30-40/h7-30,45-46H,1-2,31-32H2,3-6H3/b41-11+,42-12+. The summed E-state index contributed by atoms with van der Waals surface area (Å²) in [7, 11) is 0. The molecule has 46 heavy (non-hydrogen) atoms. The Balaban J connectivity index is 1.58. The Kier molecular flexibility index (Phi) is 10.8. The summed E-state index contributed by atoms with van der Waals surface area (Å²) in [4.78, 5) is 0. The zero-order chi connectivity index (χ0) is 32.5. The average molecular weight is 599 g/mol. The molecule has 0 bridgehead atoms. The van der Waals surface area contributed by atoms with Crippen LogP contribution in [0.1, 0.15) is 80.3 Å². The van der Waals surface area contributed by atoms with Crippen LogP contribution in [0.5, 0.6) is 0 Å². The zero-order valence-corrected chi connectivity index (χ0v) is 27.8. The van der Waals surface area contributed by atoms with E-state index in [2.05, 4.69) is 174 Å². The van der Waals surface area contributed by atoms with Crippen LogP contribution in [0.25, 0.3) is 11.1 Å². The highest BCUT2D eigenvalue weighted by molar-refractivity contribution is 5.82. The normalized spacial score (nSPS) is 12.0. The fraction of sp³-hybridized carbons (Fsp3) is 0.174. The summed E-state index contributed by atoms with van der Waals surface area (Å²) < 4.78 is 0. The first kappa shape index (κ1) is 32.5. The van der Waals surface area contributed by atoms with E-state index in [4.69, 9.17) is 0 Å². The van der Waals surface area contributed by atoms with Crippen molar-refractivity contribution >= 4 is 11.1 Å². The van der Waals surface area contributed by atoms with E-state index in [0.717, 1.165) is 12.8 Å². The largest absolute Gasteiger partial charge is 0.0991 e. The van der Waals surface area contributed by atoms with E-state index >= 15 is 0 Å². The zero-order valence-electron chi connectivity index (χ0n) is 27.8. The average Bonchev–Trinajstić information content (AvgIpc) is 3.07. The van der Waals surface area contributed by atoms with Gasteiger partial charge in [-0.2, -0.15) is 0 Å². The van der Waals surface area contributed by atoms with Crippen molar-refractivity contribution in [2.75, 3.05) is 0 Å². The molecule has 0 fully saturated rings. The molecule has 0 aliphatic carbocycles. The predicted molar refractivity (Wildman–Crippen MR) is 200 cm³/mol. The minimum Gasteiger partial charge on any atom is -0.0991 e. The molecule has 0 nitrogen and oxygen atoms in total. The lowest BCUT2D eigenvalue weighted by Crippen LogP contribution is -2.06. The van der Waals surface area contributed by atoms with Crippen molar-refractivity contribution in [1.29, 1.82) is 0 Å². The SMILES string of the molecule is C=C/C=C(\CC(c1ccc(C)cc1)c1ccc(C)cc1)c1ccccc1/C(=C/C=C)CC(c1ccc(C)cc1)c1ccc(C)cc1. The number of aryl methyl sites for hydroxylation is 4. The van der Waals surface area contributed by atoms with Crippen LogP contribution in [-0.2, 0) is 0 Å². The molecule has 5 aromatic rings. The van der Waals surface area contributed by atoms with Crippen molar-refractivity contribution < 1.29 is 0 Å². The molecule has 0 radical (unpaired) electrons. The highest BCUT2D eigenvalue weighted by Crippen LogP contribution is 2.41. The molecule has 230 valence electrons. The molecule has 5 rings (SSSR count). The highest BCUT2D eigenvalue weighted by atomic mass is 14.3. The molecule has 0 aliphatic rings. The van der Waals surface area contributed by atoms with E-state index in [1.54, 1.807) is 0 Å². The van der Waals surface area contributed by atoms with E-state index in [1.807, 2.05) is 12.2 Å². The van der Waals surface area contributed by atoms with Gasteiger partial charge in [0.25, 0.3) is 0 Å². The summed E-state index contributed by atoms with van der Waals surface area (Å²) in [6.07, 6.45) is 10.00. The summed E-state index contributed by atoms with van der Waals surface area (Å²) in [6, 6.07) is 44.9. The smallest absolute Gasteiger partial charge is 0.0130 e. The summed E-state index contributed by atoms with van der Waals surface area (Å²) in [5.74, 6) is 0.417. The van der Waals surface area contributed by atoms with E-state index in [0.29, 0.717) is 0 Å². The Labute approximate surface area is 277 Å². The maximum Gasteiger partial charge on any atom is 0.0130 e. The van der Waals surface area contributed by atoms with Crippen LogP contribution in [0.2, 0.25) is 0 Å². The topological polar surface area (TPSA) is 0 Å². The van der Waals surface area contributed by atoms with Gasteiger partial charge in [0, 0.05) is 11.8 Å². The Morgan fingerprint density at radius 2 is 0.696 bits per heavy atom. The van der Waals surface area contributed by atoms with Crippen molar-refractivity contribution in [2.24, 2.45) is 0 Å². The fourth-order valence-corrected chi connectivity index (χ4v) is 6.35. The molecule has 0 aromatic heterocycles. The number of allylic oxidation sites excluding steroid dienone is 6. The first-order valence-corrected chi connectivity index (χ1v) is 16.4.